The van der Waals surface area contributed by atoms with Gasteiger partial charge in [-0.15, -0.1) is 0 Å². The zero-order chi connectivity index (χ0) is 25.7. The Kier molecular flexibility index (Phi) is 7.91. The van der Waals surface area contributed by atoms with Crippen molar-refractivity contribution in [1.82, 2.24) is 9.55 Å². The lowest BCUT2D eigenvalue weighted by Gasteiger charge is -2.17. The monoisotopic (exact) mass is 500 g/mol. The van der Waals surface area contributed by atoms with Gasteiger partial charge in [0.2, 0.25) is 0 Å². The van der Waals surface area contributed by atoms with Crippen LogP contribution in [0.5, 0.6) is 11.5 Å². The van der Waals surface area contributed by atoms with E-state index in [4.69, 9.17) is 21.1 Å². The van der Waals surface area contributed by atoms with Gasteiger partial charge in [-0.05, 0) is 84.1 Å². The van der Waals surface area contributed by atoms with Crippen molar-refractivity contribution in [2.24, 2.45) is 0 Å². The van der Waals surface area contributed by atoms with Crippen LogP contribution in [0.15, 0.2) is 79.4 Å². The van der Waals surface area contributed by atoms with Crippen LogP contribution in [-0.4, -0.2) is 22.4 Å². The number of benzene rings is 3. The minimum Gasteiger partial charge on any atom is -0.496 e. The molecule has 4 aromatic rings. The first-order valence-corrected chi connectivity index (χ1v) is 12.1. The number of rotatable bonds is 9. The Balaban J connectivity index is 1.49. The second-order valence-electron chi connectivity index (χ2n) is 8.87. The highest BCUT2D eigenvalue weighted by Gasteiger charge is 2.13. The van der Waals surface area contributed by atoms with E-state index in [0.717, 1.165) is 44.5 Å². The highest BCUT2D eigenvalue weighted by Crippen LogP contribution is 2.33. The highest BCUT2D eigenvalue weighted by molar-refractivity contribution is 6.31. The number of carbonyl (C=O) groups excluding carboxylic acids is 1. The number of allylic oxidation sites excluding steroid dienone is 1. The van der Waals surface area contributed by atoms with Crippen LogP contribution in [0, 0.1) is 6.92 Å². The molecule has 0 bridgehead atoms. The normalized spacial score (nSPS) is 11.3. The van der Waals surface area contributed by atoms with Gasteiger partial charge in [0.15, 0.2) is 5.78 Å². The van der Waals surface area contributed by atoms with Crippen LogP contribution in [0.1, 0.15) is 52.4 Å². The molecule has 1 heterocycles. The van der Waals surface area contributed by atoms with Crippen LogP contribution in [-0.2, 0) is 6.61 Å². The third kappa shape index (κ3) is 5.86. The second kappa shape index (κ2) is 11.3. The summed E-state index contributed by atoms with van der Waals surface area (Å²) in [6.07, 6.45) is 8.69. The van der Waals surface area contributed by atoms with Crippen molar-refractivity contribution in [3.63, 3.8) is 0 Å². The molecule has 0 unspecified atom stereocenters. The van der Waals surface area contributed by atoms with Crippen LogP contribution in [0.2, 0.25) is 5.02 Å². The summed E-state index contributed by atoms with van der Waals surface area (Å²) in [4.78, 5) is 16.8. The number of ketones is 1. The van der Waals surface area contributed by atoms with E-state index in [0.29, 0.717) is 12.2 Å². The summed E-state index contributed by atoms with van der Waals surface area (Å²) in [5.74, 6) is 1.74. The molecule has 184 valence electrons. The first-order chi connectivity index (χ1) is 17.4. The van der Waals surface area contributed by atoms with Gasteiger partial charge in [-0.2, -0.15) is 0 Å². The van der Waals surface area contributed by atoms with Crippen molar-refractivity contribution in [3.8, 4) is 17.2 Å². The Hall–Kier alpha value is -3.83. The van der Waals surface area contributed by atoms with Gasteiger partial charge in [0.1, 0.15) is 18.1 Å². The van der Waals surface area contributed by atoms with Crippen LogP contribution < -0.4 is 9.47 Å². The maximum atomic E-state index is 12.7. The number of hydrogen-bond acceptors (Lipinski definition) is 4. The molecule has 0 aliphatic heterocycles. The largest absolute Gasteiger partial charge is 0.496 e. The van der Waals surface area contributed by atoms with Crippen molar-refractivity contribution in [1.29, 1.82) is 0 Å². The lowest BCUT2D eigenvalue weighted by Crippen LogP contribution is -2.03. The fourth-order valence-electron chi connectivity index (χ4n) is 3.89. The number of methoxy groups -OCH3 is 1. The fraction of sp³-hybridized carbons (Fsp3) is 0.200. The standard InChI is InChI=1S/C30H29ClN2O3/c1-20(2)26-17-27(31)21(3)15-30(26)36-18-24-16-22(6-12-29(24)35-4)5-11-28(34)23-7-9-25(10-8-23)33-14-13-32-19-33/h5-17,19-20H,18H2,1-4H3/b11-5+. The molecule has 0 saturated heterocycles. The van der Waals surface area contributed by atoms with Crippen LogP contribution in [0.3, 0.4) is 0 Å². The lowest BCUT2D eigenvalue weighted by molar-refractivity contribution is 0.104. The van der Waals surface area contributed by atoms with Gasteiger partial charge in [-0.3, -0.25) is 4.79 Å². The van der Waals surface area contributed by atoms with Gasteiger partial charge in [-0.1, -0.05) is 37.6 Å². The Labute approximate surface area is 217 Å². The summed E-state index contributed by atoms with van der Waals surface area (Å²) >= 11 is 6.34. The fourth-order valence-corrected chi connectivity index (χ4v) is 4.07. The van der Waals surface area contributed by atoms with Crippen LogP contribution in [0.25, 0.3) is 11.8 Å². The number of halogens is 1. The van der Waals surface area contributed by atoms with E-state index in [-0.39, 0.29) is 11.7 Å². The summed E-state index contributed by atoms with van der Waals surface area (Å²) in [6.45, 7) is 6.52. The van der Waals surface area contributed by atoms with Gasteiger partial charge in [0.25, 0.3) is 0 Å². The van der Waals surface area contributed by atoms with Crippen molar-refractivity contribution in [2.75, 3.05) is 7.11 Å². The van der Waals surface area contributed by atoms with E-state index in [2.05, 4.69) is 18.8 Å². The Bertz CT molecular complexity index is 1370. The minimum atomic E-state index is -0.0704. The summed E-state index contributed by atoms with van der Waals surface area (Å²) < 4.78 is 13.7. The molecule has 0 spiro atoms. The summed E-state index contributed by atoms with van der Waals surface area (Å²) in [7, 11) is 1.64. The van der Waals surface area contributed by atoms with E-state index >= 15 is 0 Å². The third-order valence-corrected chi connectivity index (χ3v) is 6.39. The number of hydrogen-bond donors (Lipinski definition) is 0. The zero-order valence-corrected chi connectivity index (χ0v) is 21.6. The topological polar surface area (TPSA) is 53.4 Å². The molecule has 0 radical (unpaired) electrons. The van der Waals surface area contributed by atoms with Crippen LogP contribution in [0.4, 0.5) is 0 Å². The number of carbonyl (C=O) groups is 1. The first kappa shape index (κ1) is 25.3. The Morgan fingerprint density at radius 3 is 2.53 bits per heavy atom. The maximum absolute atomic E-state index is 12.7. The number of ether oxygens (including phenoxy) is 2. The van der Waals surface area contributed by atoms with Crippen molar-refractivity contribution >= 4 is 23.5 Å². The van der Waals surface area contributed by atoms with Crippen LogP contribution >= 0.6 is 11.6 Å². The summed E-state index contributed by atoms with van der Waals surface area (Å²) in [6, 6.07) is 17.2. The lowest BCUT2D eigenvalue weighted by atomic mass is 10.0. The van der Waals surface area contributed by atoms with Gasteiger partial charge in [0.05, 0.1) is 13.4 Å². The van der Waals surface area contributed by atoms with E-state index in [1.807, 2.05) is 72.3 Å². The van der Waals surface area contributed by atoms with Gasteiger partial charge in [0, 0.05) is 34.2 Å². The van der Waals surface area contributed by atoms with Crippen molar-refractivity contribution in [3.05, 3.63) is 112 Å². The van der Waals surface area contributed by atoms with Crippen molar-refractivity contribution < 1.29 is 14.3 Å². The van der Waals surface area contributed by atoms with E-state index < -0.39 is 0 Å². The number of imidazole rings is 1. The summed E-state index contributed by atoms with van der Waals surface area (Å²) in [5, 5.41) is 0.733. The third-order valence-electron chi connectivity index (χ3n) is 5.98. The molecule has 36 heavy (non-hydrogen) atoms. The molecule has 0 amide bonds. The zero-order valence-electron chi connectivity index (χ0n) is 20.9. The molecule has 0 atom stereocenters. The highest BCUT2D eigenvalue weighted by atomic mass is 35.5. The second-order valence-corrected chi connectivity index (χ2v) is 9.28. The average Bonchev–Trinajstić information content (AvgIpc) is 3.43. The Morgan fingerprint density at radius 1 is 1.08 bits per heavy atom. The molecule has 0 N–H and O–H groups in total. The molecule has 0 saturated carbocycles. The predicted molar refractivity (Wildman–Crippen MR) is 145 cm³/mol. The quantitative estimate of drug-likeness (QED) is 0.177. The molecule has 4 rings (SSSR count). The van der Waals surface area contributed by atoms with Gasteiger partial charge in [-0.25, -0.2) is 4.98 Å². The molecule has 0 fully saturated rings. The predicted octanol–water partition coefficient (Wildman–Crippen LogP) is 7.44. The molecular weight excluding hydrogens is 472 g/mol. The molecule has 5 nitrogen and oxygen atoms in total. The molecule has 0 aliphatic rings. The molecule has 0 aliphatic carbocycles. The van der Waals surface area contributed by atoms with E-state index in [1.54, 1.807) is 31.8 Å². The first-order valence-electron chi connectivity index (χ1n) is 11.8. The smallest absolute Gasteiger partial charge is 0.185 e. The average molecular weight is 501 g/mol. The minimum absolute atomic E-state index is 0.0704. The van der Waals surface area contributed by atoms with Gasteiger partial charge >= 0.3 is 0 Å². The number of aryl methyl sites for hydroxylation is 1. The molecule has 6 heteroatoms. The number of aromatic nitrogens is 2. The maximum Gasteiger partial charge on any atom is 0.185 e. The molecule has 3 aromatic carbocycles. The summed E-state index contributed by atoms with van der Waals surface area (Å²) in [5.41, 5.74) is 5.37. The van der Waals surface area contributed by atoms with Crippen molar-refractivity contribution in [2.45, 2.75) is 33.3 Å². The Morgan fingerprint density at radius 2 is 1.86 bits per heavy atom. The van der Waals surface area contributed by atoms with Gasteiger partial charge < -0.3 is 14.0 Å². The molecule has 1 aromatic heterocycles. The number of nitrogens with zero attached hydrogens (tertiary/aromatic N) is 2. The van der Waals surface area contributed by atoms with E-state index in [9.17, 15) is 4.79 Å². The SMILES string of the molecule is COc1ccc(/C=C/C(=O)c2ccc(-n3ccnc3)cc2)cc1COc1cc(C)c(Cl)cc1C(C)C. The molecular formula is C30H29ClN2O3. The van der Waals surface area contributed by atoms with E-state index in [1.165, 1.54) is 0 Å².